The van der Waals surface area contributed by atoms with Gasteiger partial charge in [-0.2, -0.15) is 0 Å². The van der Waals surface area contributed by atoms with Gasteiger partial charge in [-0.25, -0.2) is 0 Å². The highest BCUT2D eigenvalue weighted by Crippen LogP contribution is 2.22. The number of benzene rings is 1. The molecule has 0 saturated carbocycles. The topological polar surface area (TPSA) is 34.1 Å². The largest absolute Gasteiger partial charge is 0.290 e. The summed E-state index contributed by atoms with van der Waals surface area (Å²) in [5.74, 6) is -0.846. The van der Waals surface area contributed by atoms with Gasteiger partial charge < -0.3 is 0 Å². The Labute approximate surface area is 104 Å². The average molecular weight is 283 g/mol. The van der Waals surface area contributed by atoms with Crippen LogP contribution in [0.4, 0.5) is 0 Å². The lowest BCUT2D eigenvalue weighted by Crippen LogP contribution is -2.16. The van der Waals surface area contributed by atoms with Crippen molar-refractivity contribution in [3.63, 3.8) is 0 Å². The second-order valence-electron chi connectivity index (χ2n) is 4.71. The van der Waals surface area contributed by atoms with E-state index in [-0.39, 0.29) is 10.7 Å². The molecule has 1 aromatic carbocycles. The number of carbonyl (C=O) groups excluding carboxylic acids is 2. The van der Waals surface area contributed by atoms with Crippen LogP contribution in [-0.2, 0) is 10.2 Å². The van der Waals surface area contributed by atoms with Crippen LogP contribution in [0.2, 0.25) is 0 Å². The van der Waals surface area contributed by atoms with Crippen LogP contribution in [0.15, 0.2) is 24.3 Å². The normalized spacial score (nSPS) is 11.2. The molecule has 0 radical (unpaired) electrons. The highest BCUT2D eigenvalue weighted by Gasteiger charge is 2.17. The van der Waals surface area contributed by atoms with Crippen LogP contribution in [0.1, 0.15) is 36.7 Å². The van der Waals surface area contributed by atoms with Gasteiger partial charge in [-0.3, -0.25) is 9.59 Å². The lowest BCUT2D eigenvalue weighted by molar-refractivity contribution is -0.112. The summed E-state index contributed by atoms with van der Waals surface area (Å²) in [4.78, 5) is 22.8. The van der Waals surface area contributed by atoms with Crippen LogP contribution in [0.5, 0.6) is 0 Å². The van der Waals surface area contributed by atoms with Crippen molar-refractivity contribution in [2.24, 2.45) is 0 Å². The predicted molar refractivity (Wildman–Crippen MR) is 68.3 cm³/mol. The van der Waals surface area contributed by atoms with E-state index in [1.807, 2.05) is 12.1 Å². The summed E-state index contributed by atoms with van der Waals surface area (Å²) in [6.45, 7) is 6.31. The van der Waals surface area contributed by atoms with Crippen molar-refractivity contribution in [2.75, 3.05) is 5.33 Å². The molecule has 0 fully saturated rings. The van der Waals surface area contributed by atoms with Crippen LogP contribution < -0.4 is 0 Å². The quantitative estimate of drug-likeness (QED) is 0.485. The second kappa shape index (κ2) is 4.91. The smallest absolute Gasteiger partial charge is 0.229 e. The van der Waals surface area contributed by atoms with Gasteiger partial charge >= 0.3 is 0 Å². The predicted octanol–water partition coefficient (Wildman–Crippen LogP) is 3.13. The van der Waals surface area contributed by atoms with Crippen LogP contribution >= 0.6 is 15.9 Å². The van der Waals surface area contributed by atoms with E-state index in [1.165, 1.54) is 0 Å². The zero-order valence-electron chi connectivity index (χ0n) is 9.71. The van der Waals surface area contributed by atoms with Crippen molar-refractivity contribution in [2.45, 2.75) is 26.2 Å². The van der Waals surface area contributed by atoms with E-state index < -0.39 is 11.6 Å². The van der Waals surface area contributed by atoms with Crippen molar-refractivity contribution in [1.82, 2.24) is 0 Å². The van der Waals surface area contributed by atoms with Crippen LogP contribution in [0, 0.1) is 0 Å². The Hall–Kier alpha value is -0.960. The highest BCUT2D eigenvalue weighted by molar-refractivity contribution is 9.09. The van der Waals surface area contributed by atoms with E-state index in [1.54, 1.807) is 12.1 Å². The monoisotopic (exact) mass is 282 g/mol. The number of alkyl halides is 1. The summed E-state index contributed by atoms with van der Waals surface area (Å²) in [5.41, 5.74) is 1.66. The first-order valence-electron chi connectivity index (χ1n) is 5.10. The fourth-order valence-electron chi connectivity index (χ4n) is 1.34. The third-order valence-corrected chi connectivity index (χ3v) is 2.90. The minimum Gasteiger partial charge on any atom is -0.290 e. The molecule has 3 heteroatoms. The van der Waals surface area contributed by atoms with Crippen molar-refractivity contribution >= 4 is 27.5 Å². The Morgan fingerprint density at radius 3 is 2.00 bits per heavy atom. The van der Waals surface area contributed by atoms with Gasteiger partial charge in [0.05, 0.1) is 5.33 Å². The maximum Gasteiger partial charge on any atom is 0.229 e. The third kappa shape index (κ3) is 3.01. The van der Waals surface area contributed by atoms with E-state index >= 15 is 0 Å². The van der Waals surface area contributed by atoms with Gasteiger partial charge in [0.25, 0.3) is 0 Å². The molecular weight excluding hydrogens is 268 g/mol. The molecule has 0 N–H and O–H groups in total. The minimum atomic E-state index is -0.433. The van der Waals surface area contributed by atoms with Crippen LogP contribution in [-0.4, -0.2) is 16.9 Å². The first-order valence-corrected chi connectivity index (χ1v) is 6.22. The first kappa shape index (κ1) is 13.1. The molecule has 0 aliphatic rings. The van der Waals surface area contributed by atoms with Gasteiger partial charge in [-0.05, 0) is 11.0 Å². The summed E-state index contributed by atoms with van der Waals surface area (Å²) < 4.78 is 0. The SMILES string of the molecule is CC(C)(C)c1ccc(C(=O)C(=O)CBr)cc1. The van der Waals surface area contributed by atoms with Gasteiger partial charge in [0.15, 0.2) is 0 Å². The van der Waals surface area contributed by atoms with E-state index in [0.717, 1.165) is 5.56 Å². The molecule has 86 valence electrons. The molecule has 0 spiro atoms. The molecule has 0 aliphatic heterocycles. The van der Waals surface area contributed by atoms with Gasteiger partial charge in [-0.15, -0.1) is 0 Å². The molecule has 2 nitrogen and oxygen atoms in total. The fourth-order valence-corrected chi connectivity index (χ4v) is 1.60. The maximum absolute atomic E-state index is 11.6. The van der Waals surface area contributed by atoms with E-state index in [9.17, 15) is 9.59 Å². The molecule has 0 atom stereocenters. The van der Waals surface area contributed by atoms with E-state index in [2.05, 4.69) is 36.7 Å². The number of hydrogen-bond donors (Lipinski definition) is 0. The van der Waals surface area contributed by atoms with E-state index in [4.69, 9.17) is 0 Å². The number of halogens is 1. The highest BCUT2D eigenvalue weighted by atomic mass is 79.9. The zero-order chi connectivity index (χ0) is 12.3. The Morgan fingerprint density at radius 1 is 1.12 bits per heavy atom. The molecule has 0 heterocycles. The number of carbonyl (C=O) groups is 2. The van der Waals surface area contributed by atoms with Crippen LogP contribution in [0.3, 0.4) is 0 Å². The molecule has 0 saturated heterocycles. The zero-order valence-corrected chi connectivity index (χ0v) is 11.3. The summed E-state index contributed by atoms with van der Waals surface area (Å²) >= 11 is 2.99. The molecule has 0 amide bonds. The van der Waals surface area contributed by atoms with Gasteiger partial charge in [0, 0.05) is 5.56 Å². The molecular formula is C13H15BrO2. The van der Waals surface area contributed by atoms with Crippen molar-refractivity contribution in [3.05, 3.63) is 35.4 Å². The number of rotatable bonds is 3. The molecule has 16 heavy (non-hydrogen) atoms. The maximum atomic E-state index is 11.6. The summed E-state index contributed by atoms with van der Waals surface area (Å²) in [5, 5.41) is 0.0762. The summed E-state index contributed by atoms with van der Waals surface area (Å²) in [6.07, 6.45) is 0. The second-order valence-corrected chi connectivity index (χ2v) is 5.27. The number of Topliss-reactive ketones (excluding diaryl/α,β-unsaturated/α-hetero) is 2. The van der Waals surface area contributed by atoms with Crippen molar-refractivity contribution in [3.8, 4) is 0 Å². The summed E-state index contributed by atoms with van der Waals surface area (Å²) in [7, 11) is 0. The average Bonchev–Trinajstić information content (AvgIpc) is 2.26. The molecule has 1 aromatic rings. The van der Waals surface area contributed by atoms with Crippen molar-refractivity contribution < 1.29 is 9.59 Å². The van der Waals surface area contributed by atoms with Crippen molar-refractivity contribution in [1.29, 1.82) is 0 Å². The molecule has 0 aromatic heterocycles. The van der Waals surface area contributed by atoms with Gasteiger partial charge in [-0.1, -0.05) is 61.0 Å². The van der Waals surface area contributed by atoms with Gasteiger partial charge in [0.2, 0.25) is 11.6 Å². The Bertz CT molecular complexity index is 399. The standard InChI is InChI=1S/C13H15BrO2/c1-13(2,3)10-6-4-9(5-7-10)12(16)11(15)8-14/h4-7H,8H2,1-3H3. The Morgan fingerprint density at radius 2 is 1.62 bits per heavy atom. The molecule has 0 unspecified atom stereocenters. The first-order chi connectivity index (χ1) is 7.36. The lowest BCUT2D eigenvalue weighted by Gasteiger charge is -2.18. The summed E-state index contributed by atoms with van der Waals surface area (Å²) in [6, 6.07) is 7.22. The van der Waals surface area contributed by atoms with Gasteiger partial charge in [0.1, 0.15) is 0 Å². The van der Waals surface area contributed by atoms with E-state index in [0.29, 0.717) is 5.56 Å². The fraction of sp³-hybridized carbons (Fsp3) is 0.385. The Kier molecular flexibility index (Phi) is 4.03. The Balaban J connectivity index is 2.96. The lowest BCUT2D eigenvalue weighted by atomic mass is 9.86. The number of hydrogen-bond acceptors (Lipinski definition) is 2. The minimum absolute atomic E-state index is 0.0566. The molecule has 0 bridgehead atoms. The molecule has 1 rings (SSSR count). The van der Waals surface area contributed by atoms with Crippen LogP contribution in [0.25, 0.3) is 0 Å². The third-order valence-electron chi connectivity index (χ3n) is 2.39. The number of ketones is 2. The molecule has 0 aliphatic carbocycles.